The summed E-state index contributed by atoms with van der Waals surface area (Å²) in [5.41, 5.74) is 1.22. The number of nitrogens with zero attached hydrogens (tertiary/aromatic N) is 1. The Morgan fingerprint density at radius 3 is 2.62 bits per heavy atom. The molecule has 0 saturated heterocycles. The van der Waals surface area contributed by atoms with Gasteiger partial charge in [-0.05, 0) is 37.9 Å². The summed E-state index contributed by atoms with van der Waals surface area (Å²) >= 11 is 0. The van der Waals surface area contributed by atoms with Crippen molar-refractivity contribution in [3.8, 4) is 0 Å². The van der Waals surface area contributed by atoms with Crippen molar-refractivity contribution < 1.29 is 0 Å². The molecule has 1 saturated carbocycles. The van der Waals surface area contributed by atoms with Crippen LogP contribution in [-0.4, -0.2) is 18.1 Å². The summed E-state index contributed by atoms with van der Waals surface area (Å²) in [4.78, 5) is 4.48. The molecule has 1 aliphatic carbocycles. The van der Waals surface area contributed by atoms with E-state index < -0.39 is 0 Å². The molecule has 1 aromatic heterocycles. The van der Waals surface area contributed by atoms with E-state index in [1.165, 1.54) is 31.4 Å². The van der Waals surface area contributed by atoms with Gasteiger partial charge in [0.25, 0.3) is 0 Å². The Labute approximate surface area is 98.5 Å². The average molecular weight is 218 g/mol. The lowest BCUT2D eigenvalue weighted by molar-refractivity contribution is 0.334. The van der Waals surface area contributed by atoms with E-state index in [1.54, 1.807) is 0 Å². The van der Waals surface area contributed by atoms with E-state index >= 15 is 0 Å². The number of nitrogens with one attached hydrogen (secondary N) is 1. The van der Waals surface area contributed by atoms with Crippen LogP contribution in [0.15, 0.2) is 24.4 Å². The molecule has 2 heteroatoms. The first-order chi connectivity index (χ1) is 7.83. The maximum Gasteiger partial charge on any atom is 0.0447 e. The van der Waals surface area contributed by atoms with Gasteiger partial charge in [-0.15, -0.1) is 0 Å². The molecule has 1 N–H and O–H groups in total. The maximum absolute atomic E-state index is 4.48. The zero-order chi connectivity index (χ0) is 11.4. The summed E-state index contributed by atoms with van der Waals surface area (Å²) in [6.45, 7) is 2.29. The van der Waals surface area contributed by atoms with Gasteiger partial charge in [-0.2, -0.15) is 0 Å². The minimum absolute atomic E-state index is 0.509. The van der Waals surface area contributed by atoms with Crippen LogP contribution in [0.3, 0.4) is 0 Å². The fourth-order valence-corrected chi connectivity index (χ4v) is 3.04. The Morgan fingerprint density at radius 1 is 1.31 bits per heavy atom. The SMILES string of the molecule is CNC(C1CCCC1)C(C)c1ccccn1. The highest BCUT2D eigenvalue weighted by atomic mass is 14.9. The number of pyridine rings is 1. The number of aromatic nitrogens is 1. The molecule has 2 unspecified atom stereocenters. The fourth-order valence-electron chi connectivity index (χ4n) is 3.04. The van der Waals surface area contributed by atoms with E-state index in [0.717, 1.165) is 5.92 Å². The Bertz CT molecular complexity index is 304. The zero-order valence-corrected chi connectivity index (χ0v) is 10.3. The van der Waals surface area contributed by atoms with E-state index in [2.05, 4.69) is 36.4 Å². The summed E-state index contributed by atoms with van der Waals surface area (Å²) in [5.74, 6) is 1.34. The van der Waals surface area contributed by atoms with Gasteiger partial charge in [-0.25, -0.2) is 0 Å². The summed E-state index contributed by atoms with van der Waals surface area (Å²) in [6, 6.07) is 6.79. The highest BCUT2D eigenvalue weighted by Crippen LogP contribution is 2.33. The second-order valence-electron chi connectivity index (χ2n) is 4.90. The number of likely N-dealkylation sites (N-methyl/N-ethyl adjacent to an activating group) is 1. The first-order valence-corrected chi connectivity index (χ1v) is 6.41. The highest BCUT2D eigenvalue weighted by molar-refractivity contribution is 5.12. The molecule has 2 nitrogen and oxygen atoms in total. The van der Waals surface area contributed by atoms with Gasteiger partial charge in [-0.3, -0.25) is 4.98 Å². The normalized spacial score (nSPS) is 20.9. The summed E-state index contributed by atoms with van der Waals surface area (Å²) in [7, 11) is 2.09. The van der Waals surface area contributed by atoms with Crippen LogP contribution in [-0.2, 0) is 0 Å². The lowest BCUT2D eigenvalue weighted by atomic mass is 9.86. The third-order valence-corrected chi connectivity index (χ3v) is 3.93. The molecule has 2 atom stereocenters. The predicted octanol–water partition coefficient (Wildman–Crippen LogP) is 2.96. The molecule has 1 aromatic rings. The van der Waals surface area contributed by atoms with Crippen molar-refractivity contribution in [2.75, 3.05) is 7.05 Å². The third-order valence-electron chi connectivity index (χ3n) is 3.93. The summed E-state index contributed by atoms with van der Waals surface area (Å²) < 4.78 is 0. The van der Waals surface area contributed by atoms with E-state index in [0.29, 0.717) is 12.0 Å². The van der Waals surface area contributed by atoms with Crippen molar-refractivity contribution in [3.05, 3.63) is 30.1 Å². The Balaban J connectivity index is 2.08. The minimum atomic E-state index is 0.509. The molecule has 0 bridgehead atoms. The van der Waals surface area contributed by atoms with Crippen LogP contribution in [0.25, 0.3) is 0 Å². The van der Waals surface area contributed by atoms with E-state index in [-0.39, 0.29) is 0 Å². The molecular weight excluding hydrogens is 196 g/mol. The van der Waals surface area contributed by atoms with Gasteiger partial charge in [-0.1, -0.05) is 25.8 Å². The molecular formula is C14H22N2. The van der Waals surface area contributed by atoms with Crippen LogP contribution in [0, 0.1) is 5.92 Å². The van der Waals surface area contributed by atoms with Gasteiger partial charge in [0.15, 0.2) is 0 Å². The molecule has 0 aromatic carbocycles. The molecule has 0 aliphatic heterocycles. The summed E-state index contributed by atoms with van der Waals surface area (Å²) in [6.07, 6.45) is 7.45. The van der Waals surface area contributed by atoms with E-state index in [1.807, 2.05) is 12.3 Å². The minimum Gasteiger partial charge on any atom is -0.316 e. The molecule has 88 valence electrons. The number of hydrogen-bond donors (Lipinski definition) is 1. The maximum atomic E-state index is 4.48. The third kappa shape index (κ3) is 2.43. The van der Waals surface area contributed by atoms with Crippen LogP contribution in [0.1, 0.15) is 44.2 Å². The van der Waals surface area contributed by atoms with Gasteiger partial charge in [0.2, 0.25) is 0 Å². The van der Waals surface area contributed by atoms with Crippen molar-refractivity contribution in [1.82, 2.24) is 10.3 Å². The molecule has 1 fully saturated rings. The van der Waals surface area contributed by atoms with Gasteiger partial charge in [0.1, 0.15) is 0 Å². The second-order valence-corrected chi connectivity index (χ2v) is 4.90. The molecule has 0 spiro atoms. The lowest BCUT2D eigenvalue weighted by Crippen LogP contribution is -2.37. The monoisotopic (exact) mass is 218 g/mol. The van der Waals surface area contributed by atoms with E-state index in [9.17, 15) is 0 Å². The average Bonchev–Trinajstić information content (AvgIpc) is 2.85. The predicted molar refractivity (Wildman–Crippen MR) is 67.5 cm³/mol. The highest BCUT2D eigenvalue weighted by Gasteiger charge is 2.29. The van der Waals surface area contributed by atoms with Crippen molar-refractivity contribution in [2.45, 2.75) is 44.6 Å². The van der Waals surface area contributed by atoms with Crippen molar-refractivity contribution in [1.29, 1.82) is 0 Å². The first kappa shape index (κ1) is 11.6. The van der Waals surface area contributed by atoms with E-state index in [4.69, 9.17) is 0 Å². The molecule has 1 heterocycles. The van der Waals surface area contributed by atoms with Crippen molar-refractivity contribution >= 4 is 0 Å². The fraction of sp³-hybridized carbons (Fsp3) is 0.643. The Morgan fingerprint density at radius 2 is 2.06 bits per heavy atom. The molecule has 0 amide bonds. The summed E-state index contributed by atoms with van der Waals surface area (Å²) in [5, 5.41) is 3.50. The van der Waals surface area contributed by atoms with Crippen LogP contribution in [0.4, 0.5) is 0 Å². The Kier molecular flexibility index (Phi) is 3.94. The van der Waals surface area contributed by atoms with Crippen molar-refractivity contribution in [3.63, 3.8) is 0 Å². The van der Waals surface area contributed by atoms with Gasteiger partial charge >= 0.3 is 0 Å². The quantitative estimate of drug-likeness (QED) is 0.840. The first-order valence-electron chi connectivity index (χ1n) is 6.41. The van der Waals surface area contributed by atoms with Gasteiger partial charge < -0.3 is 5.32 Å². The number of rotatable bonds is 4. The van der Waals surface area contributed by atoms with Gasteiger partial charge in [0, 0.05) is 23.9 Å². The second kappa shape index (κ2) is 5.44. The Hall–Kier alpha value is -0.890. The smallest absolute Gasteiger partial charge is 0.0447 e. The topological polar surface area (TPSA) is 24.9 Å². The number of hydrogen-bond acceptors (Lipinski definition) is 2. The van der Waals surface area contributed by atoms with Crippen molar-refractivity contribution in [2.24, 2.45) is 5.92 Å². The van der Waals surface area contributed by atoms with Crippen LogP contribution in [0.5, 0.6) is 0 Å². The molecule has 2 rings (SSSR count). The largest absolute Gasteiger partial charge is 0.316 e. The van der Waals surface area contributed by atoms with Crippen LogP contribution >= 0.6 is 0 Å². The van der Waals surface area contributed by atoms with Gasteiger partial charge in [0.05, 0.1) is 0 Å². The zero-order valence-electron chi connectivity index (χ0n) is 10.3. The molecule has 0 radical (unpaired) electrons. The van der Waals surface area contributed by atoms with Crippen LogP contribution in [0.2, 0.25) is 0 Å². The standard InChI is InChI=1S/C14H22N2/c1-11(13-9-5-6-10-16-13)14(15-2)12-7-3-4-8-12/h5-6,9-12,14-15H,3-4,7-8H2,1-2H3. The molecule has 1 aliphatic rings. The lowest BCUT2D eigenvalue weighted by Gasteiger charge is -2.28. The molecule has 16 heavy (non-hydrogen) atoms. The van der Waals surface area contributed by atoms with Crippen LogP contribution < -0.4 is 5.32 Å².